The average molecular weight is 1480 g/mol. The van der Waals surface area contributed by atoms with Crippen molar-refractivity contribution in [3.63, 3.8) is 0 Å². The van der Waals surface area contributed by atoms with Gasteiger partial charge in [0.2, 0.25) is 0 Å². The number of hydrogen-bond acceptors (Lipinski definition) is 15. The zero-order valence-electron chi connectivity index (χ0n) is 65.0. The second kappa shape index (κ2) is 75.7. The number of esters is 4. The molecule has 0 radical (unpaired) electrons. The Balaban J connectivity index is 5.38. The molecule has 0 bridgehead atoms. The van der Waals surface area contributed by atoms with E-state index in [1.165, 1.54) is 167 Å². The van der Waals surface area contributed by atoms with Crippen LogP contribution in [0.3, 0.4) is 0 Å². The van der Waals surface area contributed by atoms with Crippen LogP contribution in [0, 0.1) is 0 Å². The number of hydrogen-bond donors (Lipinski definition) is 3. The van der Waals surface area contributed by atoms with Crippen LogP contribution in [-0.2, 0) is 65.4 Å². The van der Waals surface area contributed by atoms with Crippen molar-refractivity contribution < 1.29 is 80.2 Å². The fourth-order valence-corrected chi connectivity index (χ4v) is 12.9. The molecule has 102 heavy (non-hydrogen) atoms. The maximum Gasteiger partial charge on any atom is 0.472 e. The van der Waals surface area contributed by atoms with E-state index in [2.05, 4.69) is 88.5 Å². The van der Waals surface area contributed by atoms with Crippen molar-refractivity contribution in [3.8, 4) is 0 Å². The summed E-state index contributed by atoms with van der Waals surface area (Å²) in [6.07, 6.45) is 77.3. The summed E-state index contributed by atoms with van der Waals surface area (Å²) < 4.78 is 68.6. The molecular weight excluding hydrogens is 1330 g/mol. The van der Waals surface area contributed by atoms with E-state index in [0.29, 0.717) is 32.1 Å². The van der Waals surface area contributed by atoms with Crippen LogP contribution < -0.4 is 0 Å². The van der Waals surface area contributed by atoms with E-state index in [4.69, 9.17) is 37.0 Å². The number of carbonyl (C=O) groups is 4. The fraction of sp³-hybridized carbons (Fsp3) is 0.807. The summed E-state index contributed by atoms with van der Waals surface area (Å²) in [6, 6.07) is 0. The van der Waals surface area contributed by atoms with Crippen molar-refractivity contribution in [2.45, 2.75) is 393 Å². The van der Waals surface area contributed by atoms with Crippen LogP contribution in [-0.4, -0.2) is 96.7 Å². The first-order chi connectivity index (χ1) is 49.7. The van der Waals surface area contributed by atoms with Gasteiger partial charge in [-0.2, -0.15) is 0 Å². The molecule has 0 saturated heterocycles. The lowest BCUT2D eigenvalue weighted by Crippen LogP contribution is -2.30. The number of phosphoric acid groups is 2. The standard InChI is InChI=1S/C83H150O17P2/c1-5-9-13-17-21-25-29-33-37-38-42-44-48-52-56-60-64-68-81(86)94-74-79(100-83(88)70-66-62-58-54-50-46-41-36-32-28-24-20-16-12-8-4)76-98-102(91,92)96-72-77(84)71-95-101(89,90)97-75-78(99-82(87)69-65-61-57-53-49-45-40-35-31-27-23-19-15-11-7-3)73-93-80(85)67-63-59-55-51-47-43-39-34-30-26-22-18-14-10-6-2/h21-22,25-26,33-34,37,39,42,44,52,56,77-79,84H,5-20,23-24,27-32,35-36,38,40-41,43,45-51,53-55,57-76H2,1-4H3,(H,89,90)(H,91,92)/b25-21-,26-22-,37-33-,39-34-,44-42-,56-52-/t77-,78-,79-/m1/s1. The third kappa shape index (κ3) is 74.8. The van der Waals surface area contributed by atoms with Crippen molar-refractivity contribution in [3.05, 3.63) is 72.9 Å². The molecule has 0 aromatic carbocycles. The predicted octanol–water partition coefficient (Wildman–Crippen LogP) is 24.0. The highest BCUT2D eigenvalue weighted by atomic mass is 31.2. The number of unbranched alkanes of at least 4 members (excludes halogenated alkanes) is 40. The second-order valence-electron chi connectivity index (χ2n) is 27.7. The SMILES string of the molecule is CCCCC/C=C\C/C=C\C/C=C\C/C=C\CCCC(=O)OC[C@H](COP(=O)(O)OC[C@H](O)COP(=O)(O)OC[C@@H](COC(=O)CCCCCCC/C=C\C/C=C\CCCCC)OC(=O)CCCCCCCCCCCCCCCCC)OC(=O)CCCCCCCCCCCCCCCCC. The first-order valence-corrected chi connectivity index (χ1v) is 44.2. The lowest BCUT2D eigenvalue weighted by atomic mass is 10.0. The Labute approximate surface area is 622 Å². The summed E-state index contributed by atoms with van der Waals surface area (Å²) >= 11 is 0. The number of carbonyl (C=O) groups excluding carboxylic acids is 4. The zero-order valence-corrected chi connectivity index (χ0v) is 66.8. The molecule has 17 nitrogen and oxygen atoms in total. The van der Waals surface area contributed by atoms with Gasteiger partial charge in [0.05, 0.1) is 26.4 Å². The highest BCUT2D eigenvalue weighted by molar-refractivity contribution is 7.47. The van der Waals surface area contributed by atoms with Gasteiger partial charge >= 0.3 is 39.5 Å². The number of allylic oxidation sites excluding steroid dienone is 12. The number of phosphoric ester groups is 2. The lowest BCUT2D eigenvalue weighted by Gasteiger charge is -2.21. The maximum atomic E-state index is 13.1. The number of aliphatic hydroxyl groups excluding tert-OH is 1. The highest BCUT2D eigenvalue weighted by Gasteiger charge is 2.30. The first kappa shape index (κ1) is 98.5. The molecular formula is C83H150O17P2. The van der Waals surface area contributed by atoms with Crippen LogP contribution in [0.25, 0.3) is 0 Å². The largest absolute Gasteiger partial charge is 0.472 e. The minimum atomic E-state index is -4.98. The van der Waals surface area contributed by atoms with Gasteiger partial charge in [0.15, 0.2) is 12.2 Å². The van der Waals surface area contributed by atoms with E-state index >= 15 is 0 Å². The van der Waals surface area contributed by atoms with Gasteiger partial charge < -0.3 is 33.8 Å². The molecule has 0 aromatic heterocycles. The second-order valence-corrected chi connectivity index (χ2v) is 30.6. The molecule has 0 aliphatic heterocycles. The zero-order chi connectivity index (χ0) is 74.6. The van der Waals surface area contributed by atoms with Crippen molar-refractivity contribution in [2.24, 2.45) is 0 Å². The molecule has 594 valence electrons. The van der Waals surface area contributed by atoms with Crippen LogP contribution in [0.2, 0.25) is 0 Å². The summed E-state index contributed by atoms with van der Waals surface area (Å²) in [7, 11) is -9.96. The van der Waals surface area contributed by atoms with Crippen molar-refractivity contribution >= 4 is 39.5 Å². The van der Waals surface area contributed by atoms with Gasteiger partial charge in [-0.1, -0.05) is 325 Å². The fourth-order valence-electron chi connectivity index (χ4n) is 11.4. The van der Waals surface area contributed by atoms with E-state index < -0.39 is 97.5 Å². The molecule has 0 amide bonds. The van der Waals surface area contributed by atoms with Crippen molar-refractivity contribution in [2.75, 3.05) is 39.6 Å². The molecule has 0 rings (SSSR count). The lowest BCUT2D eigenvalue weighted by molar-refractivity contribution is -0.161. The predicted molar refractivity (Wildman–Crippen MR) is 418 cm³/mol. The van der Waals surface area contributed by atoms with Gasteiger partial charge in [-0.3, -0.25) is 37.3 Å². The molecule has 19 heteroatoms. The van der Waals surface area contributed by atoms with Crippen molar-refractivity contribution in [1.82, 2.24) is 0 Å². The van der Waals surface area contributed by atoms with Gasteiger partial charge in [0.1, 0.15) is 19.3 Å². The number of aliphatic hydroxyl groups is 1. The van der Waals surface area contributed by atoms with Crippen LogP contribution >= 0.6 is 15.6 Å². The Hall–Kier alpha value is -3.50. The van der Waals surface area contributed by atoms with Crippen molar-refractivity contribution in [1.29, 1.82) is 0 Å². The van der Waals surface area contributed by atoms with E-state index in [0.717, 1.165) is 122 Å². The summed E-state index contributed by atoms with van der Waals surface area (Å²) in [6.45, 7) is 4.83. The molecule has 0 aliphatic carbocycles. The third-order valence-corrected chi connectivity index (χ3v) is 19.6. The molecule has 0 heterocycles. The Morgan fingerprint density at radius 2 is 0.490 bits per heavy atom. The summed E-state index contributed by atoms with van der Waals surface area (Å²) in [5, 5.41) is 10.6. The molecule has 5 atom stereocenters. The first-order valence-electron chi connectivity index (χ1n) is 41.2. The minimum absolute atomic E-state index is 0.0890. The summed E-state index contributed by atoms with van der Waals surface area (Å²) in [4.78, 5) is 73.0. The van der Waals surface area contributed by atoms with E-state index in [-0.39, 0.29) is 25.7 Å². The molecule has 0 aromatic rings. The topological polar surface area (TPSA) is 237 Å². The molecule has 0 saturated carbocycles. The molecule has 3 N–H and O–H groups in total. The Bertz CT molecular complexity index is 2210. The van der Waals surface area contributed by atoms with Crippen LogP contribution in [0.15, 0.2) is 72.9 Å². The van der Waals surface area contributed by atoms with Crippen LogP contribution in [0.4, 0.5) is 0 Å². The van der Waals surface area contributed by atoms with Crippen LogP contribution in [0.5, 0.6) is 0 Å². The smallest absolute Gasteiger partial charge is 0.462 e. The third-order valence-electron chi connectivity index (χ3n) is 17.7. The normalized spacial score (nSPS) is 14.2. The minimum Gasteiger partial charge on any atom is -0.462 e. The van der Waals surface area contributed by atoms with Gasteiger partial charge in [-0.25, -0.2) is 9.13 Å². The number of ether oxygens (including phenoxy) is 4. The van der Waals surface area contributed by atoms with E-state index in [1.807, 2.05) is 12.2 Å². The summed E-state index contributed by atoms with van der Waals surface area (Å²) in [5.41, 5.74) is 0. The Kier molecular flexibility index (Phi) is 73.1. The quantitative estimate of drug-likeness (QED) is 0.0169. The molecule has 0 spiro atoms. The van der Waals surface area contributed by atoms with Crippen LogP contribution in [0.1, 0.15) is 374 Å². The van der Waals surface area contributed by atoms with Gasteiger partial charge in [-0.05, 0) is 96.3 Å². The summed E-state index contributed by atoms with van der Waals surface area (Å²) in [5.74, 6) is -2.22. The van der Waals surface area contributed by atoms with E-state index in [1.54, 1.807) is 0 Å². The monoisotopic (exact) mass is 1480 g/mol. The molecule has 2 unspecified atom stereocenters. The molecule has 0 fully saturated rings. The van der Waals surface area contributed by atoms with Gasteiger partial charge in [0, 0.05) is 25.7 Å². The Morgan fingerprint density at radius 1 is 0.275 bits per heavy atom. The number of rotatable bonds is 78. The Morgan fingerprint density at radius 3 is 0.794 bits per heavy atom. The maximum absolute atomic E-state index is 13.1. The molecule has 0 aliphatic rings. The average Bonchev–Trinajstić information content (AvgIpc) is 0.923. The van der Waals surface area contributed by atoms with Gasteiger partial charge in [0.25, 0.3) is 0 Å². The van der Waals surface area contributed by atoms with Gasteiger partial charge in [-0.15, -0.1) is 0 Å². The van der Waals surface area contributed by atoms with E-state index in [9.17, 15) is 43.2 Å². The highest BCUT2D eigenvalue weighted by Crippen LogP contribution is 2.45.